The summed E-state index contributed by atoms with van der Waals surface area (Å²) < 4.78 is 13.4. The highest BCUT2D eigenvalue weighted by atomic mass is 16.5. The van der Waals surface area contributed by atoms with Crippen LogP contribution in [0.2, 0.25) is 0 Å². The van der Waals surface area contributed by atoms with E-state index in [-0.39, 0.29) is 0 Å². The molecule has 0 saturated carbocycles. The summed E-state index contributed by atoms with van der Waals surface area (Å²) in [6.07, 6.45) is 3.36. The van der Waals surface area contributed by atoms with Gasteiger partial charge >= 0.3 is 0 Å². The van der Waals surface area contributed by atoms with Gasteiger partial charge in [-0.3, -0.25) is 0 Å². The van der Waals surface area contributed by atoms with Gasteiger partial charge in [0.15, 0.2) is 17.3 Å². The predicted octanol–water partition coefficient (Wildman–Crippen LogP) is 1.66. The largest absolute Gasteiger partial charge is 0.493 e. The molecule has 1 aromatic heterocycles. The van der Waals surface area contributed by atoms with E-state index >= 15 is 0 Å². The molecule has 3 rings (SSSR count). The zero-order valence-corrected chi connectivity index (χ0v) is 12.2. The number of rotatable bonds is 5. The van der Waals surface area contributed by atoms with Crippen molar-refractivity contribution in [3.63, 3.8) is 0 Å². The first kappa shape index (κ1) is 13.9. The van der Waals surface area contributed by atoms with E-state index < -0.39 is 0 Å². The second kappa shape index (κ2) is 6.13. The van der Waals surface area contributed by atoms with Crippen molar-refractivity contribution >= 4 is 0 Å². The summed E-state index contributed by atoms with van der Waals surface area (Å²) in [6.45, 7) is 1.83. The number of methoxy groups -OCH3 is 1. The van der Waals surface area contributed by atoms with Crippen molar-refractivity contribution in [2.45, 2.75) is 39.0 Å². The first-order chi connectivity index (χ1) is 10.3. The number of aromatic nitrogens is 3. The number of ether oxygens (including phenoxy) is 2. The quantitative estimate of drug-likeness (QED) is 0.905. The molecule has 112 valence electrons. The van der Waals surface area contributed by atoms with Gasteiger partial charge in [0.1, 0.15) is 12.4 Å². The lowest BCUT2D eigenvalue weighted by molar-refractivity contribution is 0.268. The Labute approximate surface area is 123 Å². The van der Waals surface area contributed by atoms with Crippen LogP contribution in [0.15, 0.2) is 18.2 Å². The van der Waals surface area contributed by atoms with Crippen LogP contribution in [0.25, 0.3) is 0 Å². The lowest BCUT2D eigenvalue weighted by atomic mass is 10.2. The molecule has 6 nitrogen and oxygen atoms in total. The highest BCUT2D eigenvalue weighted by Gasteiger charge is 2.16. The van der Waals surface area contributed by atoms with Crippen LogP contribution < -0.4 is 15.2 Å². The maximum Gasteiger partial charge on any atom is 0.171 e. The molecule has 21 heavy (non-hydrogen) atoms. The predicted molar refractivity (Wildman–Crippen MR) is 78.2 cm³/mol. The van der Waals surface area contributed by atoms with E-state index in [4.69, 9.17) is 15.2 Å². The Morgan fingerprint density at radius 3 is 2.95 bits per heavy atom. The molecule has 1 aliphatic rings. The first-order valence-electron chi connectivity index (χ1n) is 7.22. The molecule has 2 N–H and O–H groups in total. The Kier molecular flexibility index (Phi) is 4.06. The van der Waals surface area contributed by atoms with Crippen molar-refractivity contribution in [3.05, 3.63) is 35.4 Å². The number of benzene rings is 1. The summed E-state index contributed by atoms with van der Waals surface area (Å²) in [5.41, 5.74) is 6.68. The van der Waals surface area contributed by atoms with E-state index in [1.807, 2.05) is 18.2 Å². The Hall–Kier alpha value is -2.08. The van der Waals surface area contributed by atoms with Gasteiger partial charge in [-0.2, -0.15) is 0 Å². The lowest BCUT2D eigenvalue weighted by Gasteiger charge is -2.16. The van der Waals surface area contributed by atoms with E-state index in [1.54, 1.807) is 7.11 Å². The third kappa shape index (κ3) is 2.85. The highest BCUT2D eigenvalue weighted by molar-refractivity contribution is 5.42. The Morgan fingerprint density at radius 1 is 1.24 bits per heavy atom. The zero-order chi connectivity index (χ0) is 14.7. The second-order valence-corrected chi connectivity index (χ2v) is 5.12. The molecule has 0 fully saturated rings. The molecule has 2 aromatic rings. The van der Waals surface area contributed by atoms with Crippen LogP contribution >= 0.6 is 0 Å². The smallest absolute Gasteiger partial charge is 0.171 e. The fourth-order valence-corrected chi connectivity index (χ4v) is 2.58. The topological polar surface area (TPSA) is 75.2 Å². The molecule has 0 radical (unpaired) electrons. The van der Waals surface area contributed by atoms with Crippen molar-refractivity contribution in [2.24, 2.45) is 5.73 Å². The van der Waals surface area contributed by atoms with Crippen molar-refractivity contribution in [3.8, 4) is 11.5 Å². The van der Waals surface area contributed by atoms with E-state index in [9.17, 15) is 0 Å². The van der Waals surface area contributed by atoms with E-state index in [0.717, 1.165) is 30.2 Å². The molecule has 0 atom stereocenters. The van der Waals surface area contributed by atoms with Gasteiger partial charge in [-0.1, -0.05) is 6.07 Å². The van der Waals surface area contributed by atoms with Gasteiger partial charge in [-0.15, -0.1) is 10.2 Å². The molecule has 0 spiro atoms. The minimum atomic E-state index is 0.386. The third-order valence-electron chi connectivity index (χ3n) is 3.76. The summed E-state index contributed by atoms with van der Waals surface area (Å²) in [4.78, 5) is 0. The maximum atomic E-state index is 5.88. The average molecular weight is 288 g/mol. The first-order valence-corrected chi connectivity index (χ1v) is 7.22. The molecule has 1 aliphatic heterocycles. The fourth-order valence-electron chi connectivity index (χ4n) is 2.58. The van der Waals surface area contributed by atoms with Crippen molar-refractivity contribution in [1.82, 2.24) is 14.8 Å². The molecule has 0 amide bonds. The fraction of sp³-hybridized carbons (Fsp3) is 0.467. The molecule has 0 saturated heterocycles. The van der Waals surface area contributed by atoms with Crippen molar-refractivity contribution in [1.29, 1.82) is 0 Å². The molecule has 0 aliphatic carbocycles. The molecule has 1 aromatic carbocycles. The van der Waals surface area contributed by atoms with Crippen LogP contribution in [0.3, 0.4) is 0 Å². The number of nitrogens with two attached hydrogens (primary N) is 1. The van der Waals surface area contributed by atoms with Gasteiger partial charge in [-0.25, -0.2) is 0 Å². The van der Waals surface area contributed by atoms with Gasteiger partial charge in [0.2, 0.25) is 0 Å². The molecule has 6 heteroatoms. The van der Waals surface area contributed by atoms with Gasteiger partial charge in [-0.05, 0) is 30.5 Å². The number of nitrogens with zero attached hydrogens (tertiary/aromatic N) is 3. The number of fused-ring (bicyclic) bond motifs is 1. The monoisotopic (exact) mass is 288 g/mol. The third-order valence-corrected chi connectivity index (χ3v) is 3.76. The Balaban J connectivity index is 1.77. The zero-order valence-electron chi connectivity index (χ0n) is 12.2. The molecule has 2 heterocycles. The lowest BCUT2D eigenvalue weighted by Crippen LogP contribution is -2.14. The minimum Gasteiger partial charge on any atom is -0.493 e. The van der Waals surface area contributed by atoms with E-state index in [0.29, 0.717) is 24.7 Å². The van der Waals surface area contributed by atoms with Gasteiger partial charge in [0.05, 0.1) is 7.11 Å². The number of hydrogen-bond acceptors (Lipinski definition) is 5. The average Bonchev–Trinajstić information content (AvgIpc) is 2.96. The van der Waals surface area contributed by atoms with E-state index in [1.165, 1.54) is 12.8 Å². The molecular weight excluding hydrogens is 268 g/mol. The summed E-state index contributed by atoms with van der Waals surface area (Å²) >= 11 is 0. The Bertz CT molecular complexity index is 624. The second-order valence-electron chi connectivity index (χ2n) is 5.12. The summed E-state index contributed by atoms with van der Waals surface area (Å²) in [6, 6.07) is 5.72. The summed E-state index contributed by atoms with van der Waals surface area (Å²) in [5, 5.41) is 8.46. The van der Waals surface area contributed by atoms with Crippen molar-refractivity contribution < 1.29 is 9.47 Å². The van der Waals surface area contributed by atoms with E-state index in [2.05, 4.69) is 14.8 Å². The van der Waals surface area contributed by atoms with Crippen molar-refractivity contribution in [2.75, 3.05) is 7.11 Å². The normalized spacial score (nSPS) is 13.8. The number of hydrogen-bond donors (Lipinski definition) is 1. The summed E-state index contributed by atoms with van der Waals surface area (Å²) in [5.74, 6) is 3.31. The van der Waals surface area contributed by atoms with Crippen LogP contribution in [0, 0.1) is 0 Å². The SMILES string of the molecule is COc1ccc(CN)cc1OCc1nnc2n1CCCC2. The van der Waals surface area contributed by atoms with Gasteiger partial charge in [0.25, 0.3) is 0 Å². The van der Waals surface area contributed by atoms with Crippen LogP contribution in [0.5, 0.6) is 11.5 Å². The molecular formula is C15H20N4O2. The van der Waals surface area contributed by atoms with Gasteiger partial charge in [0, 0.05) is 19.5 Å². The number of aryl methyl sites for hydroxylation is 1. The van der Waals surface area contributed by atoms with Crippen LogP contribution in [0.1, 0.15) is 30.1 Å². The van der Waals surface area contributed by atoms with Crippen LogP contribution in [-0.2, 0) is 26.1 Å². The molecule has 0 bridgehead atoms. The minimum absolute atomic E-state index is 0.386. The van der Waals surface area contributed by atoms with Gasteiger partial charge < -0.3 is 19.8 Å². The van der Waals surface area contributed by atoms with Crippen LogP contribution in [0.4, 0.5) is 0 Å². The summed E-state index contributed by atoms with van der Waals surface area (Å²) in [7, 11) is 1.63. The molecule has 0 unspecified atom stereocenters. The highest BCUT2D eigenvalue weighted by Crippen LogP contribution is 2.28. The standard InChI is InChI=1S/C15H20N4O2/c1-20-12-6-5-11(9-16)8-13(12)21-10-15-18-17-14-4-2-3-7-19(14)15/h5-6,8H,2-4,7,9-10,16H2,1H3. The Morgan fingerprint density at radius 2 is 2.14 bits per heavy atom. The maximum absolute atomic E-state index is 5.88. The van der Waals surface area contributed by atoms with Crippen LogP contribution in [-0.4, -0.2) is 21.9 Å².